The van der Waals surface area contributed by atoms with Gasteiger partial charge in [0.2, 0.25) is 5.91 Å². The molecule has 0 aliphatic heterocycles. The molecule has 0 fully saturated rings. The molecule has 1 atom stereocenters. The molecule has 0 aromatic heterocycles. The maximum absolute atomic E-state index is 13.0. The molecule has 0 rings (SSSR count). The van der Waals surface area contributed by atoms with Crippen LogP contribution < -0.4 is 5.32 Å². The zero-order valence-electron chi connectivity index (χ0n) is 15.7. The number of rotatable bonds is 5. The van der Waals surface area contributed by atoms with Gasteiger partial charge in [0, 0.05) is 10.8 Å². The molecule has 3 heteroatoms. The number of hydrogen-bond donors (Lipinski definition) is 1. The SMILES string of the molecule is CC(C)C[C@H](NC(=O)C(C)(C)C)C(=O)C(C)(C)C(C)(C)C. The minimum Gasteiger partial charge on any atom is -0.346 e. The van der Waals surface area contributed by atoms with Crippen LogP contribution in [0, 0.1) is 22.2 Å². The lowest BCUT2D eigenvalue weighted by Gasteiger charge is -2.40. The van der Waals surface area contributed by atoms with Crippen LogP contribution in [0.25, 0.3) is 0 Å². The summed E-state index contributed by atoms with van der Waals surface area (Å²) in [7, 11) is 0. The molecule has 0 bridgehead atoms. The Labute approximate surface area is 131 Å². The van der Waals surface area contributed by atoms with Gasteiger partial charge in [-0.1, -0.05) is 69.2 Å². The first-order valence-corrected chi connectivity index (χ1v) is 7.96. The molecule has 0 heterocycles. The monoisotopic (exact) mass is 297 g/mol. The van der Waals surface area contributed by atoms with Crippen molar-refractivity contribution < 1.29 is 9.59 Å². The van der Waals surface area contributed by atoms with E-state index in [1.807, 2.05) is 34.6 Å². The van der Waals surface area contributed by atoms with Gasteiger partial charge in [-0.15, -0.1) is 0 Å². The highest BCUT2D eigenvalue weighted by atomic mass is 16.2. The number of Topliss-reactive ketones (excluding diaryl/α,β-unsaturated/α-hetero) is 1. The smallest absolute Gasteiger partial charge is 0.225 e. The first-order chi connectivity index (χ1) is 9.10. The van der Waals surface area contributed by atoms with Gasteiger partial charge in [-0.25, -0.2) is 0 Å². The lowest BCUT2D eigenvalue weighted by molar-refractivity contribution is -0.139. The second kappa shape index (κ2) is 6.50. The number of hydrogen-bond acceptors (Lipinski definition) is 2. The lowest BCUT2D eigenvalue weighted by atomic mass is 9.64. The summed E-state index contributed by atoms with van der Waals surface area (Å²) in [4.78, 5) is 25.3. The fourth-order valence-electron chi connectivity index (χ4n) is 1.88. The molecule has 0 aliphatic carbocycles. The van der Waals surface area contributed by atoms with Gasteiger partial charge in [0.1, 0.15) is 0 Å². The molecule has 0 aromatic rings. The van der Waals surface area contributed by atoms with Gasteiger partial charge in [-0.2, -0.15) is 0 Å². The summed E-state index contributed by atoms with van der Waals surface area (Å²) in [5, 5.41) is 2.98. The molecule has 0 aromatic carbocycles. The Hall–Kier alpha value is -0.860. The molecule has 124 valence electrons. The average Bonchev–Trinajstić information content (AvgIpc) is 2.23. The predicted molar refractivity (Wildman–Crippen MR) is 89.1 cm³/mol. The first-order valence-electron chi connectivity index (χ1n) is 7.96. The second-order valence-electron chi connectivity index (χ2n) is 9.14. The van der Waals surface area contributed by atoms with Crippen LogP contribution in [0.4, 0.5) is 0 Å². The molecule has 0 unspecified atom stereocenters. The molecule has 0 radical (unpaired) electrons. The highest BCUT2D eigenvalue weighted by molar-refractivity contribution is 5.94. The Morgan fingerprint density at radius 1 is 0.905 bits per heavy atom. The van der Waals surface area contributed by atoms with Crippen LogP contribution in [0.1, 0.15) is 75.7 Å². The van der Waals surface area contributed by atoms with Crippen molar-refractivity contribution in [3.8, 4) is 0 Å². The van der Waals surface area contributed by atoms with Crippen LogP contribution >= 0.6 is 0 Å². The third-order valence-corrected chi connectivity index (χ3v) is 4.50. The number of carbonyl (C=O) groups excluding carboxylic acids is 2. The standard InChI is InChI=1S/C18H35NO2/c1-12(2)11-13(19-15(21)16(3,4)5)14(20)18(9,10)17(6,7)8/h12-13H,11H2,1-10H3,(H,19,21)/t13-/m0/s1. The zero-order valence-corrected chi connectivity index (χ0v) is 15.7. The van der Waals surface area contributed by atoms with Gasteiger partial charge in [0.15, 0.2) is 5.78 Å². The zero-order chi connectivity index (χ0) is 17.2. The maximum atomic E-state index is 13.0. The van der Waals surface area contributed by atoms with Crippen LogP contribution in [0.2, 0.25) is 0 Å². The van der Waals surface area contributed by atoms with E-state index in [1.54, 1.807) is 0 Å². The van der Waals surface area contributed by atoms with E-state index in [2.05, 4.69) is 39.9 Å². The van der Waals surface area contributed by atoms with Crippen LogP contribution in [-0.4, -0.2) is 17.7 Å². The molecular formula is C18H35NO2. The van der Waals surface area contributed by atoms with E-state index in [0.29, 0.717) is 12.3 Å². The summed E-state index contributed by atoms with van der Waals surface area (Å²) in [6.45, 7) is 19.9. The Balaban J connectivity index is 5.35. The molecule has 0 saturated carbocycles. The van der Waals surface area contributed by atoms with Gasteiger partial charge in [-0.3, -0.25) is 9.59 Å². The van der Waals surface area contributed by atoms with Crippen molar-refractivity contribution >= 4 is 11.7 Å². The van der Waals surface area contributed by atoms with Crippen molar-refractivity contribution in [1.82, 2.24) is 5.32 Å². The summed E-state index contributed by atoms with van der Waals surface area (Å²) >= 11 is 0. The average molecular weight is 297 g/mol. The van der Waals surface area contributed by atoms with E-state index in [1.165, 1.54) is 0 Å². The fourth-order valence-corrected chi connectivity index (χ4v) is 1.88. The molecule has 0 spiro atoms. The van der Waals surface area contributed by atoms with Gasteiger partial charge in [0.25, 0.3) is 0 Å². The Morgan fingerprint density at radius 3 is 1.62 bits per heavy atom. The van der Waals surface area contributed by atoms with Crippen LogP contribution in [0.5, 0.6) is 0 Å². The topological polar surface area (TPSA) is 46.2 Å². The quantitative estimate of drug-likeness (QED) is 0.826. The van der Waals surface area contributed by atoms with Crippen LogP contribution in [0.3, 0.4) is 0 Å². The summed E-state index contributed by atoms with van der Waals surface area (Å²) in [5.41, 5.74) is -1.12. The van der Waals surface area contributed by atoms with Crippen LogP contribution in [-0.2, 0) is 9.59 Å². The number of amides is 1. The van der Waals surface area contributed by atoms with E-state index in [0.717, 1.165) is 0 Å². The van der Waals surface area contributed by atoms with Crippen molar-refractivity contribution in [2.24, 2.45) is 22.2 Å². The minimum absolute atomic E-state index is 0.0637. The predicted octanol–water partition coefficient (Wildman–Crippen LogP) is 4.20. The third kappa shape index (κ3) is 5.44. The van der Waals surface area contributed by atoms with Gasteiger partial charge < -0.3 is 5.32 Å². The number of nitrogens with one attached hydrogen (secondary N) is 1. The minimum atomic E-state index is -0.488. The lowest BCUT2D eigenvalue weighted by Crippen LogP contribution is -2.53. The van der Waals surface area contributed by atoms with Crippen molar-refractivity contribution in [2.75, 3.05) is 0 Å². The van der Waals surface area contributed by atoms with E-state index >= 15 is 0 Å². The Kier molecular flexibility index (Phi) is 6.23. The summed E-state index contributed by atoms with van der Waals surface area (Å²) in [5.74, 6) is 0.419. The van der Waals surface area contributed by atoms with Crippen molar-refractivity contribution in [2.45, 2.75) is 81.7 Å². The van der Waals surface area contributed by atoms with E-state index in [9.17, 15) is 9.59 Å². The normalized spacial score (nSPS) is 15.0. The van der Waals surface area contributed by atoms with Crippen molar-refractivity contribution in [3.05, 3.63) is 0 Å². The van der Waals surface area contributed by atoms with Crippen LogP contribution in [0.15, 0.2) is 0 Å². The summed E-state index contributed by atoms with van der Waals surface area (Å²) < 4.78 is 0. The van der Waals surface area contributed by atoms with Gasteiger partial charge >= 0.3 is 0 Å². The van der Waals surface area contributed by atoms with Gasteiger partial charge in [-0.05, 0) is 17.8 Å². The van der Waals surface area contributed by atoms with Gasteiger partial charge in [0.05, 0.1) is 6.04 Å². The highest BCUT2D eigenvalue weighted by Crippen LogP contribution is 2.40. The molecule has 21 heavy (non-hydrogen) atoms. The van der Waals surface area contributed by atoms with E-state index in [4.69, 9.17) is 0 Å². The third-order valence-electron chi connectivity index (χ3n) is 4.50. The van der Waals surface area contributed by atoms with Crippen molar-refractivity contribution in [1.29, 1.82) is 0 Å². The molecule has 0 saturated heterocycles. The number of carbonyl (C=O) groups is 2. The Bertz CT molecular complexity index is 381. The largest absolute Gasteiger partial charge is 0.346 e. The van der Waals surface area contributed by atoms with E-state index in [-0.39, 0.29) is 17.1 Å². The van der Waals surface area contributed by atoms with E-state index < -0.39 is 16.9 Å². The molecule has 3 nitrogen and oxygen atoms in total. The molecule has 1 amide bonds. The Morgan fingerprint density at radius 2 is 1.33 bits per heavy atom. The maximum Gasteiger partial charge on any atom is 0.225 e. The second-order valence-corrected chi connectivity index (χ2v) is 9.14. The highest BCUT2D eigenvalue weighted by Gasteiger charge is 2.43. The fraction of sp³-hybridized carbons (Fsp3) is 0.889. The number of ketones is 1. The summed E-state index contributed by atoms with van der Waals surface area (Å²) in [6, 6.07) is -0.411. The summed E-state index contributed by atoms with van der Waals surface area (Å²) in [6.07, 6.45) is 0.681. The molecule has 1 N–H and O–H groups in total. The van der Waals surface area contributed by atoms with Crippen molar-refractivity contribution in [3.63, 3.8) is 0 Å². The molecular weight excluding hydrogens is 262 g/mol. The molecule has 0 aliphatic rings. The first kappa shape index (κ1) is 20.1.